The number of ether oxygens (including phenoxy) is 1. The van der Waals surface area contributed by atoms with Gasteiger partial charge < -0.3 is 38.7 Å². The van der Waals surface area contributed by atoms with Gasteiger partial charge in [0.05, 0.1) is 0 Å². The van der Waals surface area contributed by atoms with Crippen molar-refractivity contribution < 1.29 is 47.8 Å². The van der Waals surface area contributed by atoms with Crippen LogP contribution in [0.2, 0.25) is 0 Å². The van der Waals surface area contributed by atoms with Crippen LogP contribution in [0.5, 0.6) is 0 Å². The third-order valence-corrected chi connectivity index (χ3v) is 4.53. The molecule has 0 atom stereocenters. The molecule has 4 aromatic rings. The zero-order valence-electron chi connectivity index (χ0n) is 15.0. The number of hydrogen-bond acceptors (Lipinski definition) is 1. The van der Waals surface area contributed by atoms with Crippen molar-refractivity contribution in [1.29, 1.82) is 0 Å². The van der Waals surface area contributed by atoms with Gasteiger partial charge in [-0.2, -0.15) is 9.13 Å². The second kappa shape index (κ2) is 10.5. The predicted molar refractivity (Wildman–Crippen MR) is 99.1 cm³/mol. The number of para-hydroxylation sites is 2. The molecule has 27 heavy (non-hydrogen) atoms. The van der Waals surface area contributed by atoms with Crippen LogP contribution >= 0.6 is 0 Å². The fourth-order valence-corrected chi connectivity index (χ4v) is 3.26. The number of benzene rings is 2. The van der Waals surface area contributed by atoms with Gasteiger partial charge in [-0.05, 0) is 24.3 Å². The van der Waals surface area contributed by atoms with Crippen LogP contribution in [0.3, 0.4) is 0 Å². The molecule has 0 aliphatic rings. The number of fused-ring (bicyclic) bond motifs is 2. The Morgan fingerprint density at radius 2 is 0.963 bits per heavy atom. The summed E-state index contributed by atoms with van der Waals surface area (Å²) < 4.78 is 10.4. The minimum Gasteiger partial charge on any atom is -1.00 e. The van der Waals surface area contributed by atoms with E-state index in [-0.39, 0.29) is 34.0 Å². The molecule has 0 spiro atoms. The van der Waals surface area contributed by atoms with E-state index in [2.05, 4.69) is 94.3 Å². The molecule has 4 rings (SSSR count). The van der Waals surface area contributed by atoms with E-state index in [1.165, 1.54) is 21.8 Å². The number of halogens is 2. The molecule has 0 aliphatic carbocycles. The van der Waals surface area contributed by atoms with Crippen molar-refractivity contribution in [3.05, 3.63) is 85.2 Å². The van der Waals surface area contributed by atoms with Gasteiger partial charge in [0.2, 0.25) is 11.0 Å². The Hall–Kier alpha value is -1.82. The lowest BCUT2D eigenvalue weighted by molar-refractivity contribution is -0.680. The standard InChI is InChI=1S/C22H22N2O.2BrH/c1-3-11-21-19(7-1)9-5-13-23(21)15-17-25-18-16-24-14-6-10-20-8-2-4-12-22(20)24;;/h1-14H,15-18H2;2*1H/q+2;;/p-2. The molecule has 140 valence electrons. The molecule has 0 N–H and O–H groups in total. The monoisotopic (exact) mass is 488 g/mol. The van der Waals surface area contributed by atoms with Gasteiger partial charge in [0.1, 0.15) is 13.2 Å². The number of rotatable bonds is 6. The van der Waals surface area contributed by atoms with Gasteiger partial charge in [-0.3, -0.25) is 0 Å². The van der Waals surface area contributed by atoms with Crippen LogP contribution < -0.4 is 43.1 Å². The van der Waals surface area contributed by atoms with Crippen molar-refractivity contribution in [3.8, 4) is 0 Å². The lowest BCUT2D eigenvalue weighted by Crippen LogP contribution is -3.00. The Kier molecular flexibility index (Phi) is 8.35. The average Bonchev–Trinajstić information content (AvgIpc) is 2.68. The van der Waals surface area contributed by atoms with Crippen LogP contribution in [0.25, 0.3) is 21.8 Å². The normalized spacial score (nSPS) is 10.4. The van der Waals surface area contributed by atoms with Crippen molar-refractivity contribution in [2.24, 2.45) is 0 Å². The molecule has 2 aromatic carbocycles. The zero-order valence-corrected chi connectivity index (χ0v) is 18.1. The SMILES string of the molecule is [Br-].[Br-].c1ccc2c(c1)ccc[n+]2CCOCC[n+]1cccc2ccccc21. The zero-order chi connectivity index (χ0) is 16.9. The maximum absolute atomic E-state index is 5.90. The first kappa shape index (κ1) is 21.5. The molecular weight excluding hydrogens is 468 g/mol. The first-order valence-corrected chi connectivity index (χ1v) is 8.74. The molecule has 0 saturated heterocycles. The first-order chi connectivity index (χ1) is 12.4. The van der Waals surface area contributed by atoms with Gasteiger partial charge in [-0.25, -0.2) is 0 Å². The highest BCUT2D eigenvalue weighted by atomic mass is 79.9. The Bertz CT molecular complexity index is 916. The number of pyridine rings is 2. The van der Waals surface area contributed by atoms with E-state index in [1.54, 1.807) is 0 Å². The van der Waals surface area contributed by atoms with Crippen molar-refractivity contribution in [2.75, 3.05) is 13.2 Å². The molecule has 5 heteroatoms. The molecule has 0 radical (unpaired) electrons. The highest BCUT2D eigenvalue weighted by molar-refractivity contribution is 5.75. The lowest BCUT2D eigenvalue weighted by Gasteiger charge is -2.04. The second-order valence-electron chi connectivity index (χ2n) is 6.13. The summed E-state index contributed by atoms with van der Waals surface area (Å²) in [6.07, 6.45) is 4.23. The Labute approximate surface area is 180 Å². The largest absolute Gasteiger partial charge is 1.00 e. The first-order valence-electron chi connectivity index (χ1n) is 8.74. The van der Waals surface area contributed by atoms with E-state index in [1.807, 2.05) is 0 Å². The Morgan fingerprint density at radius 3 is 1.44 bits per heavy atom. The van der Waals surface area contributed by atoms with E-state index in [9.17, 15) is 0 Å². The highest BCUT2D eigenvalue weighted by Gasteiger charge is 2.09. The summed E-state index contributed by atoms with van der Waals surface area (Å²) in [5.74, 6) is 0. The summed E-state index contributed by atoms with van der Waals surface area (Å²) in [5, 5.41) is 2.52. The molecule has 0 aliphatic heterocycles. The van der Waals surface area contributed by atoms with Gasteiger partial charge in [-0.1, -0.05) is 24.3 Å². The molecule has 3 nitrogen and oxygen atoms in total. The van der Waals surface area contributed by atoms with Crippen LogP contribution in [0, 0.1) is 0 Å². The summed E-state index contributed by atoms with van der Waals surface area (Å²) in [7, 11) is 0. The molecule has 0 bridgehead atoms. The quantitative estimate of drug-likeness (QED) is 0.213. The number of aromatic nitrogens is 2. The van der Waals surface area contributed by atoms with E-state index in [4.69, 9.17) is 4.74 Å². The summed E-state index contributed by atoms with van der Waals surface area (Å²) >= 11 is 0. The van der Waals surface area contributed by atoms with E-state index in [0.717, 1.165) is 13.1 Å². The second-order valence-corrected chi connectivity index (χ2v) is 6.13. The van der Waals surface area contributed by atoms with Gasteiger partial charge in [-0.15, -0.1) is 0 Å². The topological polar surface area (TPSA) is 17.0 Å². The summed E-state index contributed by atoms with van der Waals surface area (Å²) in [4.78, 5) is 0. The van der Waals surface area contributed by atoms with Gasteiger partial charge in [0.25, 0.3) is 0 Å². The van der Waals surface area contributed by atoms with Gasteiger partial charge in [0, 0.05) is 35.0 Å². The maximum atomic E-state index is 5.90. The average molecular weight is 490 g/mol. The van der Waals surface area contributed by atoms with Crippen LogP contribution in [-0.4, -0.2) is 13.2 Å². The van der Waals surface area contributed by atoms with Crippen molar-refractivity contribution in [2.45, 2.75) is 13.1 Å². The van der Waals surface area contributed by atoms with E-state index in [0.29, 0.717) is 13.2 Å². The molecule has 0 fully saturated rings. The summed E-state index contributed by atoms with van der Waals surface area (Å²) in [6, 6.07) is 25.4. The molecule has 2 heterocycles. The Balaban J connectivity index is 0.00000131. The van der Waals surface area contributed by atoms with E-state index < -0.39 is 0 Å². The molecule has 0 saturated carbocycles. The molecule has 2 aromatic heterocycles. The summed E-state index contributed by atoms with van der Waals surface area (Å²) in [5.41, 5.74) is 2.49. The van der Waals surface area contributed by atoms with Crippen LogP contribution in [-0.2, 0) is 17.8 Å². The van der Waals surface area contributed by atoms with E-state index >= 15 is 0 Å². The number of nitrogens with zero attached hydrogens (tertiary/aromatic N) is 2. The highest BCUT2D eigenvalue weighted by Crippen LogP contribution is 2.08. The Morgan fingerprint density at radius 1 is 0.556 bits per heavy atom. The van der Waals surface area contributed by atoms with Crippen LogP contribution in [0.1, 0.15) is 0 Å². The van der Waals surface area contributed by atoms with Crippen LogP contribution in [0.4, 0.5) is 0 Å². The predicted octanol–water partition coefficient (Wildman–Crippen LogP) is -2.71. The minimum atomic E-state index is 0. The smallest absolute Gasteiger partial charge is 0.212 e. The molecule has 0 amide bonds. The molecule has 0 unspecified atom stereocenters. The minimum absolute atomic E-state index is 0. The van der Waals surface area contributed by atoms with Crippen molar-refractivity contribution in [3.63, 3.8) is 0 Å². The molecular formula is C22H22Br2N2O. The van der Waals surface area contributed by atoms with Crippen molar-refractivity contribution in [1.82, 2.24) is 0 Å². The third kappa shape index (κ3) is 5.12. The fraction of sp³-hybridized carbons (Fsp3) is 0.182. The van der Waals surface area contributed by atoms with Gasteiger partial charge in [0.15, 0.2) is 25.5 Å². The van der Waals surface area contributed by atoms with Crippen LogP contribution in [0.15, 0.2) is 85.2 Å². The third-order valence-electron chi connectivity index (χ3n) is 4.53. The fourth-order valence-electron chi connectivity index (χ4n) is 3.26. The van der Waals surface area contributed by atoms with Gasteiger partial charge >= 0.3 is 0 Å². The number of hydrogen-bond donors (Lipinski definition) is 0. The lowest BCUT2D eigenvalue weighted by atomic mass is 10.2. The summed E-state index contributed by atoms with van der Waals surface area (Å²) in [6.45, 7) is 3.15. The maximum Gasteiger partial charge on any atom is 0.212 e. The van der Waals surface area contributed by atoms with Crippen molar-refractivity contribution >= 4 is 21.8 Å².